The standard InChI is InChI=1S/C17H28N2O/c1-4-5-6-7-8-9-18-13-17(20)19-16-11-14(2)10-15(3)12-16/h10-12,18H,4-9,13H2,1-3H3,(H,19,20). The average molecular weight is 276 g/mol. The molecule has 1 rings (SSSR count). The number of anilines is 1. The molecule has 3 nitrogen and oxygen atoms in total. The van der Waals surface area contributed by atoms with E-state index in [0.29, 0.717) is 6.54 Å². The predicted octanol–water partition coefficient (Wildman–Crippen LogP) is 3.80. The first-order valence-corrected chi connectivity index (χ1v) is 7.70. The quantitative estimate of drug-likeness (QED) is 0.674. The number of amides is 1. The summed E-state index contributed by atoms with van der Waals surface area (Å²) in [5, 5.41) is 6.13. The number of aryl methyl sites for hydroxylation is 2. The largest absolute Gasteiger partial charge is 0.325 e. The van der Waals surface area contributed by atoms with Crippen LogP contribution in [-0.4, -0.2) is 19.0 Å². The van der Waals surface area contributed by atoms with Gasteiger partial charge in [0.2, 0.25) is 5.91 Å². The topological polar surface area (TPSA) is 41.1 Å². The molecule has 1 aromatic rings. The van der Waals surface area contributed by atoms with Gasteiger partial charge in [-0.15, -0.1) is 0 Å². The molecule has 0 saturated carbocycles. The molecule has 0 aromatic heterocycles. The summed E-state index contributed by atoms with van der Waals surface area (Å²) in [5.74, 6) is 0.0311. The summed E-state index contributed by atoms with van der Waals surface area (Å²) < 4.78 is 0. The zero-order valence-electron chi connectivity index (χ0n) is 13.1. The molecule has 20 heavy (non-hydrogen) atoms. The van der Waals surface area contributed by atoms with Crippen molar-refractivity contribution in [1.29, 1.82) is 0 Å². The molecule has 0 spiro atoms. The van der Waals surface area contributed by atoms with Crippen molar-refractivity contribution in [1.82, 2.24) is 5.32 Å². The van der Waals surface area contributed by atoms with Gasteiger partial charge in [0.25, 0.3) is 0 Å². The summed E-state index contributed by atoms with van der Waals surface area (Å²) in [5.41, 5.74) is 3.23. The van der Waals surface area contributed by atoms with Crippen molar-refractivity contribution in [3.05, 3.63) is 29.3 Å². The fourth-order valence-corrected chi connectivity index (χ4v) is 2.31. The van der Waals surface area contributed by atoms with Gasteiger partial charge < -0.3 is 10.6 Å². The van der Waals surface area contributed by atoms with Gasteiger partial charge in [-0.05, 0) is 50.1 Å². The third-order valence-electron chi connectivity index (χ3n) is 3.25. The molecule has 1 aromatic carbocycles. The van der Waals surface area contributed by atoms with Crippen molar-refractivity contribution in [2.24, 2.45) is 0 Å². The Labute approximate surface area is 123 Å². The Balaban J connectivity index is 2.17. The van der Waals surface area contributed by atoms with E-state index in [1.807, 2.05) is 26.0 Å². The predicted molar refractivity (Wildman–Crippen MR) is 86.2 cm³/mol. The number of rotatable bonds is 9. The number of unbranched alkanes of at least 4 members (excludes halogenated alkanes) is 4. The molecule has 0 fully saturated rings. The van der Waals surface area contributed by atoms with Crippen molar-refractivity contribution >= 4 is 11.6 Å². The van der Waals surface area contributed by atoms with E-state index in [9.17, 15) is 4.79 Å². The molecule has 1 amide bonds. The number of hydrogen-bond donors (Lipinski definition) is 2. The van der Waals surface area contributed by atoms with E-state index in [1.165, 1.54) is 36.8 Å². The third-order valence-corrected chi connectivity index (χ3v) is 3.25. The van der Waals surface area contributed by atoms with E-state index in [1.54, 1.807) is 0 Å². The molecule has 0 aliphatic heterocycles. The van der Waals surface area contributed by atoms with Crippen LogP contribution in [0.5, 0.6) is 0 Å². The molecule has 0 aliphatic carbocycles. The van der Waals surface area contributed by atoms with Gasteiger partial charge in [0.1, 0.15) is 0 Å². The maximum atomic E-state index is 11.8. The highest BCUT2D eigenvalue weighted by Gasteiger charge is 2.02. The van der Waals surface area contributed by atoms with E-state index in [-0.39, 0.29) is 5.91 Å². The molecule has 0 heterocycles. The Morgan fingerprint density at radius 2 is 1.65 bits per heavy atom. The lowest BCUT2D eigenvalue weighted by molar-refractivity contribution is -0.115. The number of nitrogens with one attached hydrogen (secondary N) is 2. The Morgan fingerprint density at radius 3 is 2.30 bits per heavy atom. The second kappa shape index (κ2) is 9.54. The molecule has 0 atom stereocenters. The summed E-state index contributed by atoms with van der Waals surface area (Å²) in [4.78, 5) is 11.8. The van der Waals surface area contributed by atoms with E-state index in [2.05, 4.69) is 23.6 Å². The molecule has 0 bridgehead atoms. The lowest BCUT2D eigenvalue weighted by atomic mass is 10.1. The zero-order valence-corrected chi connectivity index (χ0v) is 13.1. The second-order valence-corrected chi connectivity index (χ2v) is 5.52. The first-order chi connectivity index (χ1) is 9.61. The molecular formula is C17H28N2O. The Hall–Kier alpha value is -1.35. The fourth-order valence-electron chi connectivity index (χ4n) is 2.31. The summed E-state index contributed by atoms with van der Waals surface area (Å²) in [6.45, 7) is 7.61. The van der Waals surface area contributed by atoms with Crippen LogP contribution in [0, 0.1) is 13.8 Å². The second-order valence-electron chi connectivity index (χ2n) is 5.52. The van der Waals surface area contributed by atoms with Gasteiger partial charge in [-0.3, -0.25) is 4.79 Å². The molecular weight excluding hydrogens is 248 g/mol. The van der Waals surface area contributed by atoms with Gasteiger partial charge in [-0.25, -0.2) is 0 Å². The van der Waals surface area contributed by atoms with Crippen molar-refractivity contribution in [3.63, 3.8) is 0 Å². The van der Waals surface area contributed by atoms with Crippen LogP contribution in [0.1, 0.15) is 50.2 Å². The van der Waals surface area contributed by atoms with Crippen LogP contribution < -0.4 is 10.6 Å². The van der Waals surface area contributed by atoms with Gasteiger partial charge in [0, 0.05) is 5.69 Å². The average Bonchev–Trinajstić information content (AvgIpc) is 2.36. The maximum absolute atomic E-state index is 11.8. The van der Waals surface area contributed by atoms with Crippen LogP contribution in [0.3, 0.4) is 0 Å². The Morgan fingerprint density at radius 1 is 1.00 bits per heavy atom. The first kappa shape index (κ1) is 16.7. The summed E-state index contributed by atoms with van der Waals surface area (Å²) in [6, 6.07) is 6.09. The molecule has 0 aliphatic rings. The van der Waals surface area contributed by atoms with Gasteiger partial charge >= 0.3 is 0 Å². The minimum Gasteiger partial charge on any atom is -0.325 e. The minimum atomic E-state index is 0.0311. The molecule has 0 unspecified atom stereocenters. The smallest absolute Gasteiger partial charge is 0.238 e. The lowest BCUT2D eigenvalue weighted by Gasteiger charge is -2.08. The molecule has 0 saturated heterocycles. The first-order valence-electron chi connectivity index (χ1n) is 7.70. The highest BCUT2D eigenvalue weighted by Crippen LogP contribution is 2.13. The van der Waals surface area contributed by atoms with Gasteiger partial charge in [-0.1, -0.05) is 38.7 Å². The molecule has 0 radical (unpaired) electrons. The van der Waals surface area contributed by atoms with Crippen molar-refractivity contribution < 1.29 is 4.79 Å². The normalized spacial score (nSPS) is 10.6. The summed E-state index contributed by atoms with van der Waals surface area (Å²) in [6.07, 6.45) is 6.28. The zero-order chi connectivity index (χ0) is 14.8. The van der Waals surface area contributed by atoms with Crippen LogP contribution >= 0.6 is 0 Å². The molecule has 112 valence electrons. The van der Waals surface area contributed by atoms with E-state index >= 15 is 0 Å². The van der Waals surface area contributed by atoms with E-state index < -0.39 is 0 Å². The van der Waals surface area contributed by atoms with Crippen LogP contribution in [0.4, 0.5) is 5.69 Å². The van der Waals surface area contributed by atoms with Crippen LogP contribution in [-0.2, 0) is 4.79 Å². The van der Waals surface area contributed by atoms with Crippen molar-refractivity contribution in [3.8, 4) is 0 Å². The van der Waals surface area contributed by atoms with Gasteiger partial charge in [0.05, 0.1) is 6.54 Å². The van der Waals surface area contributed by atoms with Crippen molar-refractivity contribution in [2.75, 3.05) is 18.4 Å². The number of carbonyl (C=O) groups is 1. The fraction of sp³-hybridized carbons (Fsp3) is 0.588. The highest BCUT2D eigenvalue weighted by atomic mass is 16.1. The Bertz CT molecular complexity index is 395. The SMILES string of the molecule is CCCCCCCNCC(=O)Nc1cc(C)cc(C)c1. The van der Waals surface area contributed by atoms with Crippen LogP contribution in [0.2, 0.25) is 0 Å². The number of hydrogen-bond acceptors (Lipinski definition) is 2. The third kappa shape index (κ3) is 7.29. The van der Waals surface area contributed by atoms with Gasteiger partial charge in [-0.2, -0.15) is 0 Å². The lowest BCUT2D eigenvalue weighted by Crippen LogP contribution is -2.28. The van der Waals surface area contributed by atoms with E-state index in [0.717, 1.165) is 18.7 Å². The Kier molecular flexibility index (Phi) is 7.97. The minimum absolute atomic E-state index is 0.0311. The monoisotopic (exact) mass is 276 g/mol. The molecule has 2 N–H and O–H groups in total. The number of benzene rings is 1. The van der Waals surface area contributed by atoms with Crippen LogP contribution in [0.25, 0.3) is 0 Å². The number of carbonyl (C=O) groups excluding carboxylic acids is 1. The maximum Gasteiger partial charge on any atom is 0.238 e. The van der Waals surface area contributed by atoms with Gasteiger partial charge in [0.15, 0.2) is 0 Å². The van der Waals surface area contributed by atoms with Crippen LogP contribution in [0.15, 0.2) is 18.2 Å². The molecule has 3 heteroatoms. The van der Waals surface area contributed by atoms with E-state index in [4.69, 9.17) is 0 Å². The summed E-state index contributed by atoms with van der Waals surface area (Å²) >= 11 is 0. The highest BCUT2D eigenvalue weighted by molar-refractivity contribution is 5.92. The summed E-state index contributed by atoms with van der Waals surface area (Å²) in [7, 11) is 0. The van der Waals surface area contributed by atoms with Crippen molar-refractivity contribution in [2.45, 2.75) is 52.9 Å².